The average molecular weight is 663 g/mol. The summed E-state index contributed by atoms with van der Waals surface area (Å²) in [4.78, 5) is 8.26. The van der Waals surface area contributed by atoms with Gasteiger partial charge in [-0.3, -0.25) is 4.98 Å². The number of benzene rings is 7. The van der Waals surface area contributed by atoms with Gasteiger partial charge < -0.3 is 0 Å². The summed E-state index contributed by atoms with van der Waals surface area (Å²) in [6.45, 7) is 0. The minimum atomic E-state index is -0.740. The van der Waals surface area contributed by atoms with Crippen molar-refractivity contribution in [3.63, 3.8) is 0 Å². The molecule has 0 N–H and O–H groups in total. The summed E-state index contributed by atoms with van der Waals surface area (Å²) < 4.78 is 194. The molecule has 0 aliphatic rings. The predicted octanol–water partition coefficient (Wildman–Crippen LogP) is 13.0. The Kier molecular flexibility index (Phi) is 3.15. The van der Waals surface area contributed by atoms with Gasteiger partial charge in [0.05, 0.1) is 46.9 Å². The van der Waals surface area contributed by atoms with Crippen LogP contribution in [-0.2, 0) is 0 Å². The molecule has 0 spiro atoms. The van der Waals surface area contributed by atoms with Gasteiger partial charge in [-0.2, -0.15) is 0 Å². The molecule has 0 saturated carbocycles. The summed E-state index contributed by atoms with van der Waals surface area (Å²) in [5.74, 6) is 0. The molecule has 10 aromatic rings. The second kappa shape index (κ2) is 11.2. The number of thiophene rings is 1. The third-order valence-electron chi connectivity index (χ3n) is 8.10. The Morgan fingerprint density at radius 1 is 0.449 bits per heavy atom. The largest absolute Gasteiger partial charge is 0.254 e. The van der Waals surface area contributed by atoms with E-state index in [-0.39, 0.29) is 75.7 Å². The molecule has 7 aromatic carbocycles. The van der Waals surface area contributed by atoms with Crippen molar-refractivity contribution < 1.29 is 30.2 Å². The molecule has 0 saturated heterocycles. The molecular formula is C46H28N2S. The van der Waals surface area contributed by atoms with E-state index in [1.54, 1.807) is 24.3 Å². The van der Waals surface area contributed by atoms with Crippen LogP contribution < -0.4 is 0 Å². The number of pyridine rings is 2. The van der Waals surface area contributed by atoms with E-state index >= 15 is 0 Å². The molecule has 3 heteroatoms. The number of fused-ring (bicyclic) bond motifs is 7. The molecule has 0 atom stereocenters. The first kappa shape index (κ1) is 13.8. The molecule has 2 nitrogen and oxygen atoms in total. The van der Waals surface area contributed by atoms with Crippen LogP contribution in [0.3, 0.4) is 0 Å². The maximum absolute atomic E-state index is 9.34. The molecule has 49 heavy (non-hydrogen) atoms. The minimum Gasteiger partial charge on any atom is -0.254 e. The highest BCUT2D eigenvalue weighted by molar-refractivity contribution is 7.19. The minimum absolute atomic E-state index is 0.0953. The lowest BCUT2D eigenvalue weighted by Crippen LogP contribution is -1.91. The van der Waals surface area contributed by atoms with Crippen molar-refractivity contribution in [3.8, 4) is 43.3 Å². The van der Waals surface area contributed by atoms with E-state index in [1.807, 2.05) is 0 Å². The third kappa shape index (κ3) is 4.62. The number of rotatable bonds is 4. The maximum atomic E-state index is 9.34. The molecule has 10 rings (SSSR count). The first-order chi connectivity index (χ1) is 33.5. The van der Waals surface area contributed by atoms with Crippen molar-refractivity contribution in [2.75, 3.05) is 0 Å². The molecule has 3 heterocycles. The Morgan fingerprint density at radius 2 is 1.10 bits per heavy atom. The number of aromatic nitrogens is 2. The van der Waals surface area contributed by atoms with E-state index in [9.17, 15) is 6.85 Å². The van der Waals surface area contributed by atoms with Crippen LogP contribution >= 0.6 is 11.3 Å². The summed E-state index contributed by atoms with van der Waals surface area (Å²) in [6, 6.07) is -3.42. The lowest BCUT2D eigenvalue weighted by atomic mass is 9.93. The van der Waals surface area contributed by atoms with E-state index in [0.717, 1.165) is 0 Å². The van der Waals surface area contributed by atoms with Crippen LogP contribution in [-0.4, -0.2) is 9.97 Å². The number of nitrogens with zero attached hydrogens (tertiary/aromatic N) is 2. The molecule has 0 radical (unpaired) electrons. The van der Waals surface area contributed by atoms with Gasteiger partial charge in [0.1, 0.15) is 0 Å². The molecule has 0 unspecified atom stereocenters. The van der Waals surface area contributed by atoms with E-state index in [2.05, 4.69) is 9.97 Å². The normalized spacial score (nSPS) is 18.0. The molecule has 0 bridgehead atoms. The Hall–Kier alpha value is -6.16. The fourth-order valence-electron chi connectivity index (χ4n) is 5.86. The molecular weight excluding hydrogens is 613 g/mol. The van der Waals surface area contributed by atoms with E-state index in [4.69, 9.17) is 23.3 Å². The van der Waals surface area contributed by atoms with Gasteiger partial charge >= 0.3 is 0 Å². The second-order valence-electron chi connectivity index (χ2n) is 10.8. The summed E-state index contributed by atoms with van der Waals surface area (Å²) in [5.41, 5.74) is -0.927. The molecule has 228 valence electrons. The number of hydrogen-bond acceptors (Lipinski definition) is 3. The maximum Gasteiger partial charge on any atom is 0.0972 e. The highest BCUT2D eigenvalue weighted by Gasteiger charge is 2.14. The van der Waals surface area contributed by atoms with E-state index in [0.29, 0.717) is 22.1 Å². The zero-order valence-electron chi connectivity index (χ0n) is 46.8. The van der Waals surface area contributed by atoms with E-state index in [1.165, 1.54) is 12.1 Å². The van der Waals surface area contributed by atoms with Crippen LogP contribution in [0.4, 0.5) is 0 Å². The molecule has 0 aliphatic carbocycles. The summed E-state index contributed by atoms with van der Waals surface area (Å²) >= 11 is 0.586. The van der Waals surface area contributed by atoms with Crippen LogP contribution in [0.15, 0.2) is 169 Å². The average Bonchev–Trinajstić information content (AvgIpc) is 3.63. The standard InChI is InChI=1S/C46H28N2S/c1-2-10-34-33(8-1)28-41(39-14-6-4-11-36(34)39)44-26-25-43(49-44)30-17-15-29(16-18-30)35-22-23-40(38-13-5-3-12-37(35)38)42-24-21-32-20-19-31-9-7-27-47-45(31)46(32)48-42/h1-28H/i1D,2D,4D,6D,7D,8D,9D,10D,11D,14D,15D,16D,17D,18D,19D,20D,21D,24D,25D,26D,27D,28D. The Bertz CT molecular complexity index is 4120. The van der Waals surface area contributed by atoms with Gasteiger partial charge in [0.2, 0.25) is 0 Å². The van der Waals surface area contributed by atoms with Gasteiger partial charge in [0.25, 0.3) is 0 Å². The van der Waals surface area contributed by atoms with Gasteiger partial charge in [-0.25, -0.2) is 4.98 Å². The van der Waals surface area contributed by atoms with Crippen molar-refractivity contribution >= 4 is 65.5 Å². The lowest BCUT2D eigenvalue weighted by molar-refractivity contribution is 1.37. The zero-order chi connectivity index (χ0) is 51.5. The van der Waals surface area contributed by atoms with Crippen molar-refractivity contribution in [1.82, 2.24) is 9.97 Å². The van der Waals surface area contributed by atoms with Gasteiger partial charge in [-0.05, 0) is 79.2 Å². The monoisotopic (exact) mass is 662 g/mol. The van der Waals surface area contributed by atoms with Crippen LogP contribution in [0.2, 0.25) is 0 Å². The van der Waals surface area contributed by atoms with Crippen molar-refractivity contribution in [1.29, 1.82) is 0 Å². The van der Waals surface area contributed by atoms with Gasteiger partial charge in [-0.1, -0.05) is 133 Å². The quantitative estimate of drug-likeness (QED) is 0.175. The van der Waals surface area contributed by atoms with Crippen LogP contribution in [0.25, 0.3) is 97.4 Å². The first-order valence-corrected chi connectivity index (χ1v) is 15.6. The first-order valence-electron chi connectivity index (χ1n) is 25.8. The molecule has 0 fully saturated rings. The Labute approximate surface area is 318 Å². The summed E-state index contributed by atoms with van der Waals surface area (Å²) in [5, 5.41) is -1.19. The van der Waals surface area contributed by atoms with Crippen molar-refractivity contribution in [2.24, 2.45) is 0 Å². The smallest absolute Gasteiger partial charge is 0.0972 e. The van der Waals surface area contributed by atoms with Gasteiger partial charge in [0, 0.05) is 37.8 Å². The van der Waals surface area contributed by atoms with Crippen molar-refractivity contribution in [2.45, 2.75) is 0 Å². The highest BCUT2D eigenvalue weighted by Crippen LogP contribution is 2.42. The Balaban J connectivity index is 1.19. The topological polar surface area (TPSA) is 25.8 Å². The highest BCUT2D eigenvalue weighted by atomic mass is 32.1. The fourth-order valence-corrected chi connectivity index (χ4v) is 6.73. The van der Waals surface area contributed by atoms with Crippen LogP contribution in [0.1, 0.15) is 30.2 Å². The lowest BCUT2D eigenvalue weighted by Gasteiger charge is -2.13. The van der Waals surface area contributed by atoms with E-state index < -0.39 is 144 Å². The second-order valence-corrected chi connectivity index (χ2v) is 11.9. The molecule has 0 aliphatic heterocycles. The van der Waals surface area contributed by atoms with Gasteiger partial charge in [0.15, 0.2) is 0 Å². The van der Waals surface area contributed by atoms with Crippen molar-refractivity contribution in [3.05, 3.63) is 169 Å². The Morgan fingerprint density at radius 3 is 1.96 bits per heavy atom. The molecule has 0 amide bonds. The summed E-state index contributed by atoms with van der Waals surface area (Å²) in [6.07, 6.45) is -0.593. The molecule has 3 aromatic heterocycles. The fraction of sp³-hybridized carbons (Fsp3) is 0. The van der Waals surface area contributed by atoms with Crippen LogP contribution in [0.5, 0.6) is 0 Å². The van der Waals surface area contributed by atoms with Crippen LogP contribution in [0, 0.1) is 0 Å². The van der Waals surface area contributed by atoms with Gasteiger partial charge in [-0.15, -0.1) is 11.3 Å². The predicted molar refractivity (Wildman–Crippen MR) is 209 cm³/mol. The SMILES string of the molecule is [2H]c1nc2c(c([2H])c1[2H])c([2H])c([2H])c1c([2H])c([2H])c(-c3ccc(-c4c([2H])c([2H])c(-c5sc(-c6c([2H])c7c([2H])c([2H])c([2H])c([2H])c7c7c([2H])c([2H])c([2H])c([2H])c67)c([2H])c5[2H])c([2H])c4[2H])c4ccccc34)nc12. The summed E-state index contributed by atoms with van der Waals surface area (Å²) in [7, 11) is 0. The number of hydrogen-bond donors (Lipinski definition) is 0. The zero-order valence-corrected chi connectivity index (χ0v) is 25.6. The third-order valence-corrected chi connectivity index (χ3v) is 9.12.